The average molecular weight is 873 g/mol. The van der Waals surface area contributed by atoms with Crippen LogP contribution in [0.25, 0.3) is 11.4 Å². The van der Waals surface area contributed by atoms with Crippen LogP contribution in [0, 0.1) is 5.92 Å². The summed E-state index contributed by atoms with van der Waals surface area (Å²) in [5, 5.41) is 20.8. The molecule has 16 nitrogen and oxygen atoms in total. The number of carbonyl (C=O) groups excluding carboxylic acids is 2. The van der Waals surface area contributed by atoms with Crippen molar-refractivity contribution < 1.29 is 29.3 Å². The van der Waals surface area contributed by atoms with Crippen molar-refractivity contribution in [2.24, 2.45) is 5.92 Å². The highest BCUT2D eigenvalue weighted by molar-refractivity contribution is 5.97. The number of ether oxygens (including phenoxy) is 2. The first-order valence-electron chi connectivity index (χ1n) is 23.1. The number of amides is 2. The molecule has 4 fully saturated rings. The summed E-state index contributed by atoms with van der Waals surface area (Å²) in [6.45, 7) is 14.1. The van der Waals surface area contributed by atoms with Gasteiger partial charge in [-0.3, -0.25) is 19.4 Å². The molecule has 2 amide bonds. The monoisotopic (exact) mass is 872 g/mol. The SMILES string of the molecule is CC(C)c1cc(C(=O)N2Cc3ccc(CN4CCC(C(=O)N5CCC6(CC5)CC(N5CCc7c(nc(-c8cnc(N)nc8)nc7N7CCOCC7)C5)CO6)CC4)cc3C2)c(O)cc1O. The van der Waals surface area contributed by atoms with Crippen LogP contribution in [0.5, 0.6) is 11.5 Å². The zero-order valence-electron chi connectivity index (χ0n) is 37.0. The molecule has 4 aromatic rings. The van der Waals surface area contributed by atoms with Crippen LogP contribution >= 0.6 is 0 Å². The van der Waals surface area contributed by atoms with Gasteiger partial charge in [0.1, 0.15) is 17.3 Å². The second-order valence-corrected chi connectivity index (χ2v) is 19.0. The number of anilines is 2. The molecule has 0 radical (unpaired) electrons. The smallest absolute Gasteiger partial charge is 0.258 e. The lowest BCUT2D eigenvalue weighted by atomic mass is 9.85. The van der Waals surface area contributed by atoms with Gasteiger partial charge in [0.2, 0.25) is 11.9 Å². The Morgan fingerprint density at radius 3 is 2.38 bits per heavy atom. The standard InChI is InChI=1S/C48H60N10O6/c1-30(2)38-20-39(42(60)21-41(38)59)46(62)58-26-33-4-3-31(19-34(33)27-58)25-54-10-5-32(6-11-54)45(61)56-13-8-48(9-14-56)22-36(29-64-48)57-12-7-37-40(28-57)52-43(35-23-50-47(49)51-24-35)53-44(37)55-15-17-63-18-16-55/h3-4,19-21,23-24,30,32,36,59-60H,5-18,22,25-29H2,1-2H3,(H2,49,50,51). The number of nitrogen functional groups attached to an aromatic ring is 1. The normalized spacial score (nSPS) is 21.7. The topological polar surface area (TPSA) is 187 Å². The Morgan fingerprint density at radius 1 is 0.875 bits per heavy atom. The van der Waals surface area contributed by atoms with Crippen molar-refractivity contribution in [3.63, 3.8) is 0 Å². The number of aromatic hydroxyl groups is 2. The van der Waals surface area contributed by atoms with Gasteiger partial charge in [0.25, 0.3) is 5.91 Å². The third kappa shape index (κ3) is 8.48. The second kappa shape index (κ2) is 17.5. The number of nitrogens with zero attached hydrogens (tertiary/aromatic N) is 9. The number of piperidine rings is 2. The van der Waals surface area contributed by atoms with E-state index in [9.17, 15) is 19.8 Å². The number of rotatable bonds is 8. The van der Waals surface area contributed by atoms with E-state index in [0.29, 0.717) is 44.3 Å². The summed E-state index contributed by atoms with van der Waals surface area (Å²) in [7, 11) is 0. The molecular weight excluding hydrogens is 813 g/mol. The number of nitrogens with two attached hydrogens (primary N) is 1. The number of morpholine rings is 1. The van der Waals surface area contributed by atoms with Crippen LogP contribution in [0.15, 0.2) is 42.7 Å². The summed E-state index contributed by atoms with van der Waals surface area (Å²) in [5.74, 6) is 1.72. The molecular formula is C48H60N10O6. The number of hydrogen-bond donors (Lipinski definition) is 3. The largest absolute Gasteiger partial charge is 0.508 e. The van der Waals surface area contributed by atoms with E-state index in [-0.39, 0.29) is 58.3 Å². The van der Waals surface area contributed by atoms with Gasteiger partial charge in [0.15, 0.2) is 5.82 Å². The minimum absolute atomic E-state index is 0.000870. The maximum absolute atomic E-state index is 13.9. The highest BCUT2D eigenvalue weighted by Crippen LogP contribution is 2.41. The molecule has 0 bridgehead atoms. The third-order valence-electron chi connectivity index (χ3n) is 14.6. The molecule has 6 aliphatic heterocycles. The fraction of sp³-hybridized carbons (Fsp3) is 0.542. The van der Waals surface area contributed by atoms with Gasteiger partial charge in [0.05, 0.1) is 42.2 Å². The predicted molar refractivity (Wildman–Crippen MR) is 239 cm³/mol. The molecule has 6 aliphatic rings. The number of benzene rings is 2. The molecule has 16 heteroatoms. The van der Waals surface area contributed by atoms with Crippen molar-refractivity contribution in [1.82, 2.24) is 39.5 Å². The summed E-state index contributed by atoms with van der Waals surface area (Å²) in [4.78, 5) is 57.1. The van der Waals surface area contributed by atoms with Crippen molar-refractivity contribution in [3.8, 4) is 22.9 Å². The lowest BCUT2D eigenvalue weighted by molar-refractivity contribution is -0.141. The van der Waals surface area contributed by atoms with Crippen LogP contribution in [-0.4, -0.2) is 139 Å². The Bertz CT molecular complexity index is 2390. The Balaban J connectivity index is 0.705. The van der Waals surface area contributed by atoms with Crippen LogP contribution in [0.3, 0.4) is 0 Å². The zero-order valence-corrected chi connectivity index (χ0v) is 37.0. The number of phenolic OH excluding ortho intramolecular Hbond substituents is 2. The summed E-state index contributed by atoms with van der Waals surface area (Å²) >= 11 is 0. The lowest BCUT2D eigenvalue weighted by Gasteiger charge is -2.41. The van der Waals surface area contributed by atoms with E-state index in [1.807, 2.05) is 13.8 Å². The Hall–Kier alpha value is -5.42. The summed E-state index contributed by atoms with van der Waals surface area (Å²) in [5.41, 5.74) is 12.9. The molecule has 4 N–H and O–H groups in total. The van der Waals surface area contributed by atoms with E-state index in [0.717, 1.165) is 126 Å². The summed E-state index contributed by atoms with van der Waals surface area (Å²) < 4.78 is 12.3. The van der Waals surface area contributed by atoms with Crippen LogP contribution in [0.1, 0.15) is 95.7 Å². The lowest BCUT2D eigenvalue weighted by Crippen LogP contribution is -2.50. The van der Waals surface area contributed by atoms with Gasteiger partial charge in [-0.25, -0.2) is 19.9 Å². The number of likely N-dealkylation sites (tertiary alicyclic amines) is 2. The Morgan fingerprint density at radius 2 is 1.62 bits per heavy atom. The summed E-state index contributed by atoms with van der Waals surface area (Å²) in [6, 6.07) is 9.63. The maximum atomic E-state index is 13.9. The Kier molecular flexibility index (Phi) is 11.6. The van der Waals surface area contributed by atoms with Gasteiger partial charge in [-0.05, 0) is 85.9 Å². The summed E-state index contributed by atoms with van der Waals surface area (Å²) in [6.07, 6.45) is 8.63. The second-order valence-electron chi connectivity index (χ2n) is 19.0. The molecule has 2 aromatic carbocycles. The maximum Gasteiger partial charge on any atom is 0.258 e. The molecule has 8 heterocycles. The number of hydrogen-bond acceptors (Lipinski definition) is 14. The molecule has 338 valence electrons. The third-order valence-corrected chi connectivity index (χ3v) is 14.6. The van der Waals surface area contributed by atoms with E-state index in [1.54, 1.807) is 23.4 Å². The zero-order chi connectivity index (χ0) is 44.1. The minimum Gasteiger partial charge on any atom is -0.508 e. The molecule has 0 aliphatic carbocycles. The molecule has 4 saturated heterocycles. The van der Waals surface area contributed by atoms with Gasteiger partial charge in [-0.15, -0.1) is 0 Å². The first-order chi connectivity index (χ1) is 31.0. The van der Waals surface area contributed by atoms with Gasteiger partial charge in [-0.2, -0.15) is 0 Å². The molecule has 1 atom stereocenters. The molecule has 64 heavy (non-hydrogen) atoms. The quantitative estimate of drug-likeness (QED) is 0.225. The van der Waals surface area contributed by atoms with Crippen LogP contribution < -0.4 is 10.6 Å². The van der Waals surface area contributed by atoms with Crippen molar-refractivity contribution in [2.75, 3.05) is 76.3 Å². The van der Waals surface area contributed by atoms with Crippen LogP contribution in [0.4, 0.5) is 11.8 Å². The van der Waals surface area contributed by atoms with Crippen molar-refractivity contribution in [3.05, 3.63) is 81.8 Å². The molecule has 1 spiro atoms. The van der Waals surface area contributed by atoms with E-state index in [2.05, 4.69) is 47.8 Å². The number of phenols is 2. The number of aromatic nitrogens is 4. The molecule has 10 rings (SSSR count). The van der Waals surface area contributed by atoms with Gasteiger partial charge in [0, 0.05) is 94.9 Å². The average Bonchev–Trinajstić information content (AvgIpc) is 3.93. The van der Waals surface area contributed by atoms with Crippen molar-refractivity contribution in [1.29, 1.82) is 0 Å². The molecule has 2 aromatic heterocycles. The minimum atomic E-state index is -0.243. The fourth-order valence-corrected chi connectivity index (χ4v) is 10.8. The first kappa shape index (κ1) is 42.5. The van der Waals surface area contributed by atoms with Gasteiger partial charge >= 0.3 is 0 Å². The number of fused-ring (bicyclic) bond motifs is 2. The van der Waals surface area contributed by atoms with Crippen LogP contribution in [-0.2, 0) is 46.9 Å². The van der Waals surface area contributed by atoms with E-state index >= 15 is 0 Å². The first-order valence-corrected chi connectivity index (χ1v) is 23.1. The molecule has 1 unspecified atom stereocenters. The molecule has 0 saturated carbocycles. The van der Waals surface area contributed by atoms with E-state index < -0.39 is 0 Å². The van der Waals surface area contributed by atoms with Crippen molar-refractivity contribution >= 4 is 23.6 Å². The van der Waals surface area contributed by atoms with Gasteiger partial charge < -0.3 is 40.1 Å². The highest BCUT2D eigenvalue weighted by Gasteiger charge is 2.46. The van der Waals surface area contributed by atoms with Gasteiger partial charge in [-0.1, -0.05) is 32.0 Å². The Labute approximate surface area is 374 Å². The number of carbonyl (C=O) groups is 2. The fourth-order valence-electron chi connectivity index (χ4n) is 10.8. The highest BCUT2D eigenvalue weighted by atomic mass is 16.5. The van der Waals surface area contributed by atoms with Crippen LogP contribution in [0.2, 0.25) is 0 Å². The van der Waals surface area contributed by atoms with Crippen molar-refractivity contribution in [2.45, 2.75) is 96.1 Å². The van der Waals surface area contributed by atoms with E-state index in [4.69, 9.17) is 25.2 Å². The predicted octanol–water partition coefficient (Wildman–Crippen LogP) is 4.46. The van der Waals surface area contributed by atoms with E-state index in [1.165, 1.54) is 17.2 Å².